The molecule has 1 aliphatic heterocycles. The fourth-order valence-electron chi connectivity index (χ4n) is 2.64. The van der Waals surface area contributed by atoms with Gasteiger partial charge < -0.3 is 4.90 Å². The van der Waals surface area contributed by atoms with E-state index in [0.717, 1.165) is 19.5 Å². The van der Waals surface area contributed by atoms with Crippen molar-refractivity contribution >= 4 is 5.69 Å². The molecule has 0 radical (unpaired) electrons. The van der Waals surface area contributed by atoms with E-state index in [9.17, 15) is 0 Å². The van der Waals surface area contributed by atoms with Gasteiger partial charge in [-0.25, -0.2) is 0 Å². The zero-order valence-corrected chi connectivity index (χ0v) is 11.1. The molecule has 0 bridgehead atoms. The number of rotatable bonds is 1. The van der Waals surface area contributed by atoms with Crippen LogP contribution in [0.5, 0.6) is 0 Å². The lowest BCUT2D eigenvalue weighted by Crippen LogP contribution is -2.30. The lowest BCUT2D eigenvalue weighted by molar-refractivity contribution is 0.731. The summed E-state index contributed by atoms with van der Waals surface area (Å²) >= 11 is 0. The molecule has 0 aromatic heterocycles. The van der Waals surface area contributed by atoms with Crippen LogP contribution in [-0.4, -0.2) is 6.54 Å². The molecule has 92 valence electrons. The van der Waals surface area contributed by atoms with E-state index in [-0.39, 0.29) is 0 Å². The fraction of sp³-hybridized carbons (Fsp3) is 0.294. The van der Waals surface area contributed by atoms with Gasteiger partial charge >= 0.3 is 0 Å². The second-order valence-electron chi connectivity index (χ2n) is 5.21. The molecule has 0 spiro atoms. The lowest BCUT2D eigenvalue weighted by Gasteiger charge is -2.31. The maximum absolute atomic E-state index is 2.48. The molecule has 0 atom stereocenters. The van der Waals surface area contributed by atoms with Gasteiger partial charge in [-0.2, -0.15) is 0 Å². The number of nitrogens with zero attached hydrogens (tertiary/aromatic N) is 1. The molecule has 0 saturated heterocycles. The largest absolute Gasteiger partial charge is 0.367 e. The van der Waals surface area contributed by atoms with Crippen LogP contribution in [-0.2, 0) is 13.0 Å². The highest BCUT2D eigenvalue weighted by Crippen LogP contribution is 2.25. The highest BCUT2D eigenvalue weighted by molar-refractivity contribution is 5.52. The summed E-state index contributed by atoms with van der Waals surface area (Å²) in [4.78, 5) is 2.48. The Bertz CT molecular complexity index is 572. The Morgan fingerprint density at radius 2 is 1.67 bits per heavy atom. The first kappa shape index (κ1) is 11.3. The molecule has 0 N–H and O–H groups in total. The van der Waals surface area contributed by atoms with Gasteiger partial charge in [-0.1, -0.05) is 30.3 Å². The van der Waals surface area contributed by atoms with Gasteiger partial charge in [-0.05, 0) is 54.7 Å². The maximum Gasteiger partial charge on any atom is 0.0432 e. The quantitative estimate of drug-likeness (QED) is 0.728. The van der Waals surface area contributed by atoms with Gasteiger partial charge in [0, 0.05) is 18.8 Å². The van der Waals surface area contributed by atoms with Gasteiger partial charge in [0.2, 0.25) is 0 Å². The van der Waals surface area contributed by atoms with Crippen LogP contribution in [0.3, 0.4) is 0 Å². The minimum absolute atomic E-state index is 1.04. The Labute approximate surface area is 109 Å². The highest BCUT2D eigenvalue weighted by Gasteiger charge is 2.16. The van der Waals surface area contributed by atoms with Gasteiger partial charge in [-0.15, -0.1) is 0 Å². The van der Waals surface area contributed by atoms with E-state index in [4.69, 9.17) is 0 Å². The molecule has 2 aromatic rings. The van der Waals surface area contributed by atoms with Crippen molar-refractivity contribution < 1.29 is 0 Å². The maximum atomic E-state index is 2.48. The van der Waals surface area contributed by atoms with E-state index in [1.807, 2.05) is 0 Å². The zero-order chi connectivity index (χ0) is 12.5. The number of hydrogen-bond acceptors (Lipinski definition) is 1. The molecule has 3 rings (SSSR count). The third-order valence-corrected chi connectivity index (χ3v) is 3.99. The summed E-state index contributed by atoms with van der Waals surface area (Å²) in [5, 5.41) is 0. The van der Waals surface area contributed by atoms with Crippen molar-refractivity contribution in [2.75, 3.05) is 11.4 Å². The number of anilines is 1. The molecule has 18 heavy (non-hydrogen) atoms. The van der Waals surface area contributed by atoms with Gasteiger partial charge in [0.05, 0.1) is 0 Å². The Balaban J connectivity index is 1.89. The van der Waals surface area contributed by atoms with Crippen LogP contribution in [0.25, 0.3) is 0 Å². The second-order valence-corrected chi connectivity index (χ2v) is 5.21. The lowest BCUT2D eigenvalue weighted by atomic mass is 9.99. The number of fused-ring (bicyclic) bond motifs is 1. The Kier molecular flexibility index (Phi) is 2.83. The Morgan fingerprint density at radius 1 is 0.889 bits per heavy atom. The molecule has 0 saturated carbocycles. The fourth-order valence-corrected chi connectivity index (χ4v) is 2.64. The van der Waals surface area contributed by atoms with Crippen molar-refractivity contribution in [2.24, 2.45) is 0 Å². The first-order chi connectivity index (χ1) is 8.74. The van der Waals surface area contributed by atoms with Crippen LogP contribution >= 0.6 is 0 Å². The minimum Gasteiger partial charge on any atom is -0.367 e. The van der Waals surface area contributed by atoms with Crippen LogP contribution in [0.4, 0.5) is 5.69 Å². The second kappa shape index (κ2) is 4.49. The molecule has 0 aliphatic carbocycles. The summed E-state index contributed by atoms with van der Waals surface area (Å²) in [6, 6.07) is 15.6. The van der Waals surface area contributed by atoms with Crippen molar-refractivity contribution in [3.05, 3.63) is 64.7 Å². The van der Waals surface area contributed by atoms with Crippen LogP contribution in [0, 0.1) is 13.8 Å². The molecular formula is C17H19N. The summed E-state index contributed by atoms with van der Waals surface area (Å²) in [6.45, 7) is 6.53. The molecule has 0 amide bonds. The molecule has 1 aliphatic rings. The summed E-state index contributed by atoms with van der Waals surface area (Å²) < 4.78 is 0. The van der Waals surface area contributed by atoms with Crippen molar-refractivity contribution in [3.63, 3.8) is 0 Å². The topological polar surface area (TPSA) is 3.24 Å². The number of aryl methyl sites for hydroxylation is 2. The predicted molar refractivity (Wildman–Crippen MR) is 77.1 cm³/mol. The van der Waals surface area contributed by atoms with Gasteiger partial charge in [0.15, 0.2) is 0 Å². The Morgan fingerprint density at radius 3 is 2.44 bits per heavy atom. The first-order valence-corrected chi connectivity index (χ1v) is 6.63. The molecule has 0 unspecified atom stereocenters. The summed E-state index contributed by atoms with van der Waals surface area (Å²) in [7, 11) is 0. The van der Waals surface area contributed by atoms with Crippen LogP contribution in [0.2, 0.25) is 0 Å². The van der Waals surface area contributed by atoms with E-state index in [1.165, 1.54) is 27.9 Å². The molecule has 1 heteroatoms. The smallest absolute Gasteiger partial charge is 0.0432 e. The third-order valence-electron chi connectivity index (χ3n) is 3.99. The zero-order valence-electron chi connectivity index (χ0n) is 11.1. The Hall–Kier alpha value is -1.76. The molecule has 1 nitrogen and oxygen atoms in total. The van der Waals surface area contributed by atoms with Crippen LogP contribution in [0.1, 0.15) is 22.3 Å². The van der Waals surface area contributed by atoms with Crippen molar-refractivity contribution in [3.8, 4) is 0 Å². The van der Waals surface area contributed by atoms with Gasteiger partial charge in [-0.3, -0.25) is 0 Å². The highest BCUT2D eigenvalue weighted by atomic mass is 15.1. The van der Waals surface area contributed by atoms with Gasteiger partial charge in [0.1, 0.15) is 0 Å². The average Bonchev–Trinajstić information content (AvgIpc) is 2.41. The van der Waals surface area contributed by atoms with Crippen LogP contribution < -0.4 is 4.90 Å². The van der Waals surface area contributed by atoms with Crippen molar-refractivity contribution in [1.29, 1.82) is 0 Å². The SMILES string of the molecule is Cc1ccc(N2CCc3ccccc3C2)cc1C. The minimum atomic E-state index is 1.04. The molecule has 0 fully saturated rings. The monoisotopic (exact) mass is 237 g/mol. The normalized spacial score (nSPS) is 14.4. The number of hydrogen-bond donors (Lipinski definition) is 0. The third kappa shape index (κ3) is 2.01. The molecule has 2 aromatic carbocycles. The molecular weight excluding hydrogens is 218 g/mol. The molecule has 1 heterocycles. The van der Waals surface area contributed by atoms with Crippen LogP contribution in [0.15, 0.2) is 42.5 Å². The van der Waals surface area contributed by atoms with Crippen molar-refractivity contribution in [1.82, 2.24) is 0 Å². The number of benzene rings is 2. The summed E-state index contributed by atoms with van der Waals surface area (Å²) in [5.74, 6) is 0. The standard InChI is InChI=1S/C17H19N/c1-13-7-8-17(11-14(13)2)18-10-9-15-5-3-4-6-16(15)12-18/h3-8,11H,9-10,12H2,1-2H3. The van der Waals surface area contributed by atoms with E-state index < -0.39 is 0 Å². The van der Waals surface area contributed by atoms with E-state index >= 15 is 0 Å². The van der Waals surface area contributed by atoms with E-state index in [2.05, 4.69) is 61.2 Å². The predicted octanol–water partition coefficient (Wildman–Crippen LogP) is 3.87. The van der Waals surface area contributed by atoms with Crippen molar-refractivity contribution in [2.45, 2.75) is 26.8 Å². The summed E-state index contributed by atoms with van der Waals surface area (Å²) in [5.41, 5.74) is 7.09. The average molecular weight is 237 g/mol. The first-order valence-electron chi connectivity index (χ1n) is 6.63. The van der Waals surface area contributed by atoms with E-state index in [1.54, 1.807) is 0 Å². The summed E-state index contributed by atoms with van der Waals surface area (Å²) in [6.07, 6.45) is 1.16. The van der Waals surface area contributed by atoms with E-state index in [0.29, 0.717) is 0 Å². The van der Waals surface area contributed by atoms with Gasteiger partial charge in [0.25, 0.3) is 0 Å².